The second-order valence-electron chi connectivity index (χ2n) is 8.37. The number of fused-ring (bicyclic) bond motifs is 3. The van der Waals surface area contributed by atoms with Crippen LogP contribution in [0, 0.1) is 18.8 Å². The first-order chi connectivity index (χ1) is 13.2. The average Bonchev–Trinajstić information content (AvgIpc) is 2.68. The van der Waals surface area contributed by atoms with E-state index in [9.17, 15) is 0 Å². The van der Waals surface area contributed by atoms with Gasteiger partial charge < -0.3 is 4.90 Å². The van der Waals surface area contributed by atoms with Crippen molar-refractivity contribution in [2.24, 2.45) is 11.8 Å². The molecule has 2 fully saturated rings. The van der Waals surface area contributed by atoms with Gasteiger partial charge in [0, 0.05) is 38.1 Å². The molecule has 2 aliphatic rings. The minimum absolute atomic E-state index is 0.745. The summed E-state index contributed by atoms with van der Waals surface area (Å²) in [6.07, 6.45) is 1.37. The summed E-state index contributed by atoms with van der Waals surface area (Å²) in [5.74, 6) is 2.65. The maximum atomic E-state index is 4.99. The monoisotopic (exact) mass is 357 g/mol. The number of hydrogen-bond donors (Lipinski definition) is 0. The number of hydrogen-bond acceptors (Lipinski definition) is 3. The first kappa shape index (κ1) is 16.8. The highest BCUT2D eigenvalue weighted by Gasteiger charge is 2.34. The van der Waals surface area contributed by atoms with Crippen LogP contribution >= 0.6 is 0 Å². The number of aryl methyl sites for hydroxylation is 1. The van der Waals surface area contributed by atoms with E-state index in [2.05, 4.69) is 77.4 Å². The van der Waals surface area contributed by atoms with Gasteiger partial charge in [0.2, 0.25) is 0 Å². The highest BCUT2D eigenvalue weighted by atomic mass is 15.2. The zero-order chi connectivity index (χ0) is 18.2. The predicted molar refractivity (Wildman–Crippen MR) is 112 cm³/mol. The Hall–Kier alpha value is -2.39. The quantitative estimate of drug-likeness (QED) is 0.688. The fourth-order valence-corrected chi connectivity index (χ4v) is 5.04. The fourth-order valence-electron chi connectivity index (χ4n) is 5.04. The molecule has 2 saturated heterocycles. The zero-order valence-electron chi connectivity index (χ0n) is 16.0. The molecule has 2 atom stereocenters. The van der Waals surface area contributed by atoms with Gasteiger partial charge >= 0.3 is 0 Å². The summed E-state index contributed by atoms with van der Waals surface area (Å²) in [6, 6.07) is 21.7. The number of anilines is 1. The molecule has 2 aliphatic heterocycles. The topological polar surface area (TPSA) is 19.4 Å². The molecule has 3 heterocycles. The molecule has 2 aromatic carbocycles. The van der Waals surface area contributed by atoms with Crippen LogP contribution in [0.2, 0.25) is 0 Å². The van der Waals surface area contributed by atoms with Crippen LogP contribution in [0.4, 0.5) is 5.82 Å². The Morgan fingerprint density at radius 1 is 0.889 bits per heavy atom. The van der Waals surface area contributed by atoms with Crippen molar-refractivity contribution >= 4 is 16.7 Å². The Morgan fingerprint density at radius 2 is 1.59 bits per heavy atom. The van der Waals surface area contributed by atoms with Gasteiger partial charge in [-0.1, -0.05) is 48.5 Å². The Labute approximate surface area is 161 Å². The molecule has 27 heavy (non-hydrogen) atoms. The molecule has 0 N–H and O–H groups in total. The third kappa shape index (κ3) is 3.44. The van der Waals surface area contributed by atoms with E-state index >= 15 is 0 Å². The summed E-state index contributed by atoms with van der Waals surface area (Å²) in [5, 5.41) is 1.27. The molecule has 0 radical (unpaired) electrons. The number of piperidine rings is 2. The number of nitrogens with zero attached hydrogens (tertiary/aromatic N) is 3. The van der Waals surface area contributed by atoms with Crippen LogP contribution < -0.4 is 4.90 Å². The summed E-state index contributed by atoms with van der Waals surface area (Å²) in [7, 11) is 0. The lowest BCUT2D eigenvalue weighted by molar-refractivity contribution is 0.103. The lowest BCUT2D eigenvalue weighted by atomic mass is 9.84. The van der Waals surface area contributed by atoms with Crippen molar-refractivity contribution in [2.75, 3.05) is 31.1 Å². The van der Waals surface area contributed by atoms with Crippen molar-refractivity contribution in [1.82, 2.24) is 9.88 Å². The maximum Gasteiger partial charge on any atom is 0.129 e. The highest BCUT2D eigenvalue weighted by molar-refractivity contribution is 5.83. The van der Waals surface area contributed by atoms with Gasteiger partial charge in [0.25, 0.3) is 0 Å². The van der Waals surface area contributed by atoms with Gasteiger partial charge in [0.15, 0.2) is 0 Å². The molecule has 2 unspecified atom stereocenters. The van der Waals surface area contributed by atoms with Crippen molar-refractivity contribution < 1.29 is 0 Å². The summed E-state index contributed by atoms with van der Waals surface area (Å²) >= 11 is 0. The largest absolute Gasteiger partial charge is 0.356 e. The molecule has 1 aromatic heterocycles. The van der Waals surface area contributed by atoms with E-state index < -0.39 is 0 Å². The number of rotatable bonds is 3. The fraction of sp³-hybridized carbons (Fsp3) is 0.375. The lowest BCUT2D eigenvalue weighted by Gasteiger charge is -2.46. The molecule has 5 rings (SSSR count). The Balaban J connectivity index is 1.33. The molecule has 3 aromatic rings. The molecule has 0 spiro atoms. The minimum Gasteiger partial charge on any atom is -0.356 e. The molecule has 0 amide bonds. The van der Waals surface area contributed by atoms with Crippen LogP contribution in [0.15, 0.2) is 60.7 Å². The van der Waals surface area contributed by atoms with Gasteiger partial charge in [-0.25, -0.2) is 4.98 Å². The average molecular weight is 358 g/mol. The first-order valence-electron chi connectivity index (χ1n) is 10.1. The van der Waals surface area contributed by atoms with Crippen LogP contribution in [0.25, 0.3) is 10.9 Å². The predicted octanol–water partition coefficient (Wildman–Crippen LogP) is 4.50. The summed E-state index contributed by atoms with van der Waals surface area (Å²) in [6.45, 7) is 7.96. The second-order valence-corrected chi connectivity index (χ2v) is 8.37. The van der Waals surface area contributed by atoms with Crippen LogP contribution in [-0.2, 0) is 6.54 Å². The van der Waals surface area contributed by atoms with Crippen molar-refractivity contribution in [3.8, 4) is 0 Å². The van der Waals surface area contributed by atoms with Crippen LogP contribution in [-0.4, -0.2) is 36.1 Å². The van der Waals surface area contributed by atoms with Crippen molar-refractivity contribution in [3.63, 3.8) is 0 Å². The van der Waals surface area contributed by atoms with Crippen molar-refractivity contribution in [1.29, 1.82) is 0 Å². The molecule has 3 heteroatoms. The van der Waals surface area contributed by atoms with Gasteiger partial charge in [0.1, 0.15) is 5.82 Å². The second kappa shape index (κ2) is 6.97. The highest BCUT2D eigenvalue weighted by Crippen LogP contribution is 2.32. The van der Waals surface area contributed by atoms with E-state index in [1.165, 1.54) is 36.0 Å². The molecule has 138 valence electrons. The molecule has 0 aliphatic carbocycles. The molecule has 3 nitrogen and oxygen atoms in total. The minimum atomic E-state index is 0.745. The first-order valence-corrected chi connectivity index (χ1v) is 10.1. The van der Waals surface area contributed by atoms with Crippen LogP contribution in [0.1, 0.15) is 17.5 Å². The van der Waals surface area contributed by atoms with Crippen LogP contribution in [0.3, 0.4) is 0 Å². The zero-order valence-corrected chi connectivity index (χ0v) is 16.0. The van der Waals surface area contributed by atoms with Gasteiger partial charge in [-0.15, -0.1) is 0 Å². The number of pyridine rings is 1. The number of likely N-dealkylation sites (tertiary alicyclic amines) is 1. The molecular weight excluding hydrogens is 330 g/mol. The number of aromatic nitrogens is 1. The van der Waals surface area contributed by atoms with Crippen LogP contribution in [0.5, 0.6) is 0 Å². The summed E-state index contributed by atoms with van der Waals surface area (Å²) in [5.41, 5.74) is 3.88. The van der Waals surface area contributed by atoms with Crippen molar-refractivity contribution in [2.45, 2.75) is 19.9 Å². The summed E-state index contributed by atoms with van der Waals surface area (Å²) < 4.78 is 0. The van der Waals surface area contributed by atoms with Crippen molar-refractivity contribution in [3.05, 3.63) is 71.8 Å². The van der Waals surface area contributed by atoms with E-state index in [0.717, 1.165) is 42.8 Å². The lowest BCUT2D eigenvalue weighted by Crippen LogP contribution is -2.52. The van der Waals surface area contributed by atoms with E-state index in [-0.39, 0.29) is 0 Å². The summed E-state index contributed by atoms with van der Waals surface area (Å²) in [4.78, 5) is 10.2. The van der Waals surface area contributed by atoms with E-state index in [1.807, 2.05) is 0 Å². The standard InChI is InChI=1S/C24H27N3/c1-18-11-24(25-23-10-6-5-9-22(18)23)27-16-20-12-21(17-27)15-26(14-20)13-19-7-3-2-4-8-19/h2-11,20-21H,12-17H2,1H3. The van der Waals surface area contributed by atoms with Gasteiger partial charge in [-0.2, -0.15) is 0 Å². The third-order valence-electron chi connectivity index (χ3n) is 6.14. The molecule has 0 saturated carbocycles. The Kier molecular flexibility index (Phi) is 4.33. The molecular formula is C24H27N3. The Bertz CT molecular complexity index is 923. The van der Waals surface area contributed by atoms with Gasteiger partial charge in [-0.05, 0) is 48.4 Å². The normalized spacial score (nSPS) is 22.9. The number of para-hydroxylation sites is 1. The maximum absolute atomic E-state index is 4.99. The SMILES string of the molecule is Cc1cc(N2CC3CC(CN(Cc4ccccc4)C3)C2)nc2ccccc12. The van der Waals surface area contributed by atoms with E-state index in [1.54, 1.807) is 0 Å². The Morgan fingerprint density at radius 3 is 2.37 bits per heavy atom. The van der Waals surface area contributed by atoms with E-state index in [0.29, 0.717) is 0 Å². The van der Waals surface area contributed by atoms with Gasteiger partial charge in [0.05, 0.1) is 5.52 Å². The van der Waals surface area contributed by atoms with Gasteiger partial charge in [-0.3, -0.25) is 4.90 Å². The molecule has 2 bridgehead atoms. The number of benzene rings is 2. The third-order valence-corrected chi connectivity index (χ3v) is 6.14. The smallest absolute Gasteiger partial charge is 0.129 e. The van der Waals surface area contributed by atoms with E-state index in [4.69, 9.17) is 4.98 Å².